The number of nitrogens with zero attached hydrogens (tertiary/aromatic N) is 3. The summed E-state index contributed by atoms with van der Waals surface area (Å²) in [5.74, 6) is -0.636. The van der Waals surface area contributed by atoms with Crippen molar-refractivity contribution in [1.82, 2.24) is 14.8 Å². The van der Waals surface area contributed by atoms with Crippen molar-refractivity contribution in [2.45, 2.75) is 0 Å². The first-order chi connectivity index (χ1) is 12.6. The third kappa shape index (κ3) is 4.00. The van der Waals surface area contributed by atoms with E-state index in [1.54, 1.807) is 34.1 Å². The van der Waals surface area contributed by atoms with Gasteiger partial charge in [0.25, 0.3) is 11.8 Å². The van der Waals surface area contributed by atoms with Crippen LogP contribution in [0.25, 0.3) is 0 Å². The number of anilines is 1. The lowest BCUT2D eigenvalue weighted by Gasteiger charge is -2.32. The van der Waals surface area contributed by atoms with Crippen molar-refractivity contribution in [3.8, 4) is 0 Å². The zero-order valence-corrected chi connectivity index (χ0v) is 14.6. The monoisotopic (exact) mass is 372 g/mol. The molecule has 1 aliphatic heterocycles. The van der Waals surface area contributed by atoms with Crippen molar-refractivity contribution in [3.63, 3.8) is 0 Å². The predicted molar refractivity (Wildman–Crippen MR) is 97.2 cm³/mol. The van der Waals surface area contributed by atoms with Crippen molar-refractivity contribution in [3.05, 3.63) is 58.9 Å². The highest BCUT2D eigenvalue weighted by atomic mass is 35.5. The number of carbonyl (C=O) groups is 3. The van der Waals surface area contributed by atoms with Gasteiger partial charge >= 0.3 is 0 Å². The first-order valence-corrected chi connectivity index (χ1v) is 8.47. The molecule has 1 aromatic heterocycles. The van der Waals surface area contributed by atoms with Crippen LogP contribution in [0, 0.1) is 0 Å². The molecule has 1 fully saturated rings. The number of amides is 3. The van der Waals surface area contributed by atoms with Crippen molar-refractivity contribution in [2.24, 2.45) is 0 Å². The van der Waals surface area contributed by atoms with Crippen LogP contribution in [0.2, 0.25) is 5.02 Å². The molecule has 2 aromatic rings. The summed E-state index contributed by atoms with van der Waals surface area (Å²) in [6, 6.07) is 9.90. The van der Waals surface area contributed by atoms with Gasteiger partial charge in [0.05, 0.1) is 10.7 Å². The van der Waals surface area contributed by atoms with Crippen LogP contribution in [-0.4, -0.2) is 59.2 Å². The molecule has 0 saturated carbocycles. The van der Waals surface area contributed by atoms with Crippen molar-refractivity contribution >= 4 is 35.5 Å². The summed E-state index contributed by atoms with van der Waals surface area (Å²) in [6.07, 6.45) is 2.20. The van der Waals surface area contributed by atoms with Crippen LogP contribution in [0.3, 0.4) is 0 Å². The molecule has 0 bridgehead atoms. The Morgan fingerprint density at radius 2 is 1.85 bits per heavy atom. The van der Waals surface area contributed by atoms with Gasteiger partial charge in [-0.25, -0.2) is 0 Å². The molecule has 0 atom stereocenters. The van der Waals surface area contributed by atoms with E-state index in [1.807, 2.05) is 0 Å². The summed E-state index contributed by atoms with van der Waals surface area (Å²) < 4.78 is 0. The summed E-state index contributed by atoms with van der Waals surface area (Å²) in [6.45, 7) is 1.86. The molecule has 0 unspecified atom stereocenters. The van der Waals surface area contributed by atoms with E-state index in [2.05, 4.69) is 10.3 Å². The molecule has 8 heteroatoms. The second-order valence-corrected chi connectivity index (χ2v) is 6.20. The van der Waals surface area contributed by atoms with Crippen molar-refractivity contribution in [1.29, 1.82) is 0 Å². The lowest BCUT2D eigenvalue weighted by atomic mass is 10.2. The Bertz CT molecular complexity index is 835. The molecule has 1 N–H and O–H groups in total. The van der Waals surface area contributed by atoms with Gasteiger partial charge in [0.2, 0.25) is 6.41 Å². The Hall–Kier alpha value is -2.93. The molecule has 0 aliphatic carbocycles. The molecule has 2 heterocycles. The third-order valence-electron chi connectivity index (χ3n) is 4.11. The highest BCUT2D eigenvalue weighted by molar-refractivity contribution is 6.33. The number of carbonyl (C=O) groups excluding carboxylic acids is 3. The zero-order chi connectivity index (χ0) is 18.5. The maximum atomic E-state index is 12.6. The number of hydrogen-bond acceptors (Lipinski definition) is 4. The fourth-order valence-electron chi connectivity index (χ4n) is 2.64. The zero-order valence-electron chi connectivity index (χ0n) is 13.9. The minimum Gasteiger partial charge on any atom is -0.342 e. The molecule has 1 aliphatic rings. The second kappa shape index (κ2) is 7.97. The normalized spacial score (nSPS) is 14.0. The highest BCUT2D eigenvalue weighted by Gasteiger charge is 2.23. The molecule has 0 spiro atoms. The minimum atomic E-state index is -0.375. The average molecular weight is 373 g/mol. The molecular formula is C18H17ClN4O3. The van der Waals surface area contributed by atoms with E-state index in [0.29, 0.717) is 42.5 Å². The number of aromatic nitrogens is 1. The van der Waals surface area contributed by atoms with Gasteiger partial charge in [0, 0.05) is 37.9 Å². The maximum absolute atomic E-state index is 12.6. The summed E-state index contributed by atoms with van der Waals surface area (Å²) in [4.78, 5) is 43.1. The first kappa shape index (κ1) is 17.9. The van der Waals surface area contributed by atoms with Crippen LogP contribution in [0.4, 0.5) is 5.69 Å². The summed E-state index contributed by atoms with van der Waals surface area (Å²) in [5, 5.41) is 3.15. The number of nitrogens with one attached hydrogen (secondary N) is 1. The van der Waals surface area contributed by atoms with Gasteiger partial charge in [-0.3, -0.25) is 19.4 Å². The summed E-state index contributed by atoms with van der Waals surface area (Å²) in [7, 11) is 0. The average Bonchev–Trinajstić information content (AvgIpc) is 2.69. The second-order valence-electron chi connectivity index (χ2n) is 5.80. The smallest absolute Gasteiger partial charge is 0.272 e. The van der Waals surface area contributed by atoms with Gasteiger partial charge in [-0.15, -0.1) is 0 Å². The highest BCUT2D eigenvalue weighted by Crippen LogP contribution is 2.21. The Morgan fingerprint density at radius 3 is 2.54 bits per heavy atom. The van der Waals surface area contributed by atoms with E-state index >= 15 is 0 Å². The van der Waals surface area contributed by atoms with Gasteiger partial charge < -0.3 is 15.1 Å². The van der Waals surface area contributed by atoms with Crippen LogP contribution in [0.1, 0.15) is 20.8 Å². The van der Waals surface area contributed by atoms with Crippen molar-refractivity contribution < 1.29 is 14.4 Å². The van der Waals surface area contributed by atoms with Gasteiger partial charge in [-0.1, -0.05) is 23.7 Å². The molecule has 134 valence electrons. The van der Waals surface area contributed by atoms with Crippen LogP contribution >= 0.6 is 11.6 Å². The molecular weight excluding hydrogens is 356 g/mol. The number of piperazine rings is 1. The largest absolute Gasteiger partial charge is 0.342 e. The fourth-order valence-corrected chi connectivity index (χ4v) is 2.82. The Kier molecular flexibility index (Phi) is 5.48. The van der Waals surface area contributed by atoms with Crippen LogP contribution in [-0.2, 0) is 4.79 Å². The fraction of sp³-hybridized carbons (Fsp3) is 0.222. The third-order valence-corrected chi connectivity index (χ3v) is 4.44. The molecule has 3 rings (SSSR count). The van der Waals surface area contributed by atoms with Crippen LogP contribution in [0.15, 0.2) is 42.6 Å². The van der Waals surface area contributed by atoms with Crippen LogP contribution < -0.4 is 5.32 Å². The minimum absolute atomic E-state index is 0.191. The Labute approximate surface area is 155 Å². The SMILES string of the molecule is O=CN1CCN(C(=O)c2cc(C(=O)Nc3ccccc3Cl)ccn2)CC1. The quantitative estimate of drug-likeness (QED) is 0.831. The van der Waals surface area contributed by atoms with Gasteiger partial charge in [-0.2, -0.15) is 0 Å². The molecule has 1 aromatic carbocycles. The molecule has 1 saturated heterocycles. The predicted octanol–water partition coefficient (Wildman–Crippen LogP) is 1.90. The molecule has 26 heavy (non-hydrogen) atoms. The number of para-hydroxylation sites is 1. The lowest BCUT2D eigenvalue weighted by Crippen LogP contribution is -2.48. The lowest BCUT2D eigenvalue weighted by molar-refractivity contribution is -0.119. The first-order valence-electron chi connectivity index (χ1n) is 8.09. The number of halogens is 1. The number of hydrogen-bond donors (Lipinski definition) is 1. The van der Waals surface area contributed by atoms with Gasteiger partial charge in [-0.05, 0) is 24.3 Å². The Balaban J connectivity index is 1.71. The van der Waals surface area contributed by atoms with E-state index in [-0.39, 0.29) is 17.5 Å². The number of benzene rings is 1. The number of pyridine rings is 1. The topological polar surface area (TPSA) is 82.6 Å². The van der Waals surface area contributed by atoms with Crippen LogP contribution in [0.5, 0.6) is 0 Å². The summed E-state index contributed by atoms with van der Waals surface area (Å²) >= 11 is 6.05. The molecule has 3 amide bonds. The Morgan fingerprint density at radius 1 is 1.12 bits per heavy atom. The summed E-state index contributed by atoms with van der Waals surface area (Å²) in [5.41, 5.74) is 1.000. The van der Waals surface area contributed by atoms with Gasteiger partial charge in [0.1, 0.15) is 5.69 Å². The molecule has 7 nitrogen and oxygen atoms in total. The van der Waals surface area contributed by atoms with E-state index in [1.165, 1.54) is 18.3 Å². The maximum Gasteiger partial charge on any atom is 0.272 e. The van der Waals surface area contributed by atoms with E-state index in [4.69, 9.17) is 11.6 Å². The van der Waals surface area contributed by atoms with Crippen molar-refractivity contribution in [2.75, 3.05) is 31.5 Å². The van der Waals surface area contributed by atoms with E-state index in [9.17, 15) is 14.4 Å². The standard InChI is InChI=1S/C18H17ClN4O3/c19-14-3-1-2-4-15(14)21-17(25)13-5-6-20-16(11-13)18(26)23-9-7-22(12-24)8-10-23/h1-6,11-12H,7-10H2,(H,21,25). The van der Waals surface area contributed by atoms with E-state index < -0.39 is 0 Å². The van der Waals surface area contributed by atoms with Gasteiger partial charge in [0.15, 0.2) is 0 Å². The number of rotatable bonds is 4. The molecule has 0 radical (unpaired) electrons. The van der Waals surface area contributed by atoms with E-state index in [0.717, 1.165) is 6.41 Å².